The molecule has 0 bridgehead atoms. The Hall–Kier alpha value is -2.01. The molecule has 3 rings (SSSR count). The number of hydrogen-bond acceptors (Lipinski definition) is 4. The summed E-state index contributed by atoms with van der Waals surface area (Å²) >= 11 is 0. The zero-order valence-electron chi connectivity index (χ0n) is 21.1. The van der Waals surface area contributed by atoms with E-state index in [1.807, 2.05) is 6.07 Å². The van der Waals surface area contributed by atoms with E-state index in [2.05, 4.69) is 45.6 Å². The summed E-state index contributed by atoms with van der Waals surface area (Å²) in [7, 11) is 3.59. The van der Waals surface area contributed by atoms with Crippen LogP contribution in [0.4, 0.5) is 0 Å². The molecule has 1 amide bonds. The van der Waals surface area contributed by atoms with E-state index in [4.69, 9.17) is 4.74 Å². The third kappa shape index (κ3) is 5.14. The van der Waals surface area contributed by atoms with Crippen molar-refractivity contribution in [3.8, 4) is 11.5 Å². The van der Waals surface area contributed by atoms with Gasteiger partial charge < -0.3 is 14.7 Å². The van der Waals surface area contributed by atoms with Gasteiger partial charge in [-0.15, -0.1) is 0 Å². The van der Waals surface area contributed by atoms with Crippen LogP contribution in [0.15, 0.2) is 17.7 Å². The SMILES string of the molecule is CCCCCC(C)C(C)c1cc(O)c2c(c1)OC(C)(C)C1=C2CN(CC(=O)N(C)C)CC1. The number of fused-ring (bicyclic) bond motifs is 2. The molecule has 0 spiro atoms. The third-order valence-corrected chi connectivity index (χ3v) is 7.42. The number of aromatic hydroxyl groups is 1. The largest absolute Gasteiger partial charge is 0.507 e. The number of likely N-dealkylation sites (N-methyl/N-ethyl adjacent to an activating group) is 1. The summed E-state index contributed by atoms with van der Waals surface area (Å²) in [4.78, 5) is 16.1. The van der Waals surface area contributed by atoms with Crippen LogP contribution in [0.25, 0.3) is 5.57 Å². The van der Waals surface area contributed by atoms with Crippen LogP contribution in [0, 0.1) is 5.92 Å². The smallest absolute Gasteiger partial charge is 0.236 e. The van der Waals surface area contributed by atoms with Crippen molar-refractivity contribution in [2.45, 2.75) is 78.2 Å². The van der Waals surface area contributed by atoms with Crippen molar-refractivity contribution < 1.29 is 14.6 Å². The van der Waals surface area contributed by atoms with Crippen LogP contribution >= 0.6 is 0 Å². The van der Waals surface area contributed by atoms with E-state index in [0.29, 0.717) is 30.7 Å². The van der Waals surface area contributed by atoms with Crippen LogP contribution in [0.5, 0.6) is 11.5 Å². The highest BCUT2D eigenvalue weighted by atomic mass is 16.5. The summed E-state index contributed by atoms with van der Waals surface area (Å²) in [6.45, 7) is 12.9. The van der Waals surface area contributed by atoms with Crippen molar-refractivity contribution in [1.29, 1.82) is 0 Å². The molecule has 1 aromatic rings. The van der Waals surface area contributed by atoms with Crippen molar-refractivity contribution in [1.82, 2.24) is 9.80 Å². The fraction of sp³-hybridized carbons (Fsp3) is 0.667. The number of benzene rings is 1. The molecule has 2 aliphatic heterocycles. The Kier molecular flexibility index (Phi) is 7.59. The van der Waals surface area contributed by atoms with Gasteiger partial charge in [0.25, 0.3) is 0 Å². The number of phenolic OH excluding ortho intramolecular Hbond substituents is 1. The molecular weight excluding hydrogens is 400 g/mol. The van der Waals surface area contributed by atoms with E-state index in [0.717, 1.165) is 35.4 Å². The van der Waals surface area contributed by atoms with Gasteiger partial charge in [-0.25, -0.2) is 0 Å². The van der Waals surface area contributed by atoms with Crippen LogP contribution in [-0.2, 0) is 4.79 Å². The number of hydrogen-bond donors (Lipinski definition) is 1. The summed E-state index contributed by atoms with van der Waals surface area (Å²) in [6.07, 6.45) is 5.80. The van der Waals surface area contributed by atoms with Crippen molar-refractivity contribution in [2.24, 2.45) is 5.92 Å². The average molecular weight is 443 g/mol. The summed E-state index contributed by atoms with van der Waals surface area (Å²) in [6, 6.07) is 4.08. The lowest BCUT2D eigenvalue weighted by Crippen LogP contribution is -2.45. The predicted molar refractivity (Wildman–Crippen MR) is 131 cm³/mol. The maximum Gasteiger partial charge on any atom is 0.236 e. The Morgan fingerprint density at radius 3 is 2.62 bits per heavy atom. The first kappa shape index (κ1) is 24.6. The zero-order chi connectivity index (χ0) is 23.6. The van der Waals surface area contributed by atoms with E-state index in [9.17, 15) is 9.90 Å². The topological polar surface area (TPSA) is 53.0 Å². The number of unbranched alkanes of at least 4 members (excludes halogenated alkanes) is 2. The van der Waals surface area contributed by atoms with Crippen LogP contribution in [0.2, 0.25) is 0 Å². The quantitative estimate of drug-likeness (QED) is 0.546. The molecule has 1 N–H and O–H groups in total. The highest BCUT2D eigenvalue weighted by Gasteiger charge is 2.39. The number of amides is 1. The normalized spacial score (nSPS) is 19.6. The molecule has 0 aliphatic carbocycles. The monoisotopic (exact) mass is 442 g/mol. The van der Waals surface area contributed by atoms with Gasteiger partial charge in [-0.2, -0.15) is 0 Å². The highest BCUT2D eigenvalue weighted by Crippen LogP contribution is 2.49. The molecule has 0 fully saturated rings. The maximum absolute atomic E-state index is 12.3. The van der Waals surface area contributed by atoms with Gasteiger partial charge in [0.05, 0.1) is 12.1 Å². The number of nitrogens with zero attached hydrogens (tertiary/aromatic N) is 2. The van der Waals surface area contributed by atoms with E-state index < -0.39 is 5.60 Å². The molecule has 178 valence electrons. The molecule has 2 unspecified atom stereocenters. The number of carbonyl (C=O) groups is 1. The second-order valence-corrected chi connectivity index (χ2v) is 10.5. The molecule has 0 aromatic heterocycles. The van der Waals surface area contributed by atoms with Gasteiger partial charge in [-0.05, 0) is 60.9 Å². The van der Waals surface area contributed by atoms with Crippen LogP contribution < -0.4 is 4.74 Å². The zero-order valence-corrected chi connectivity index (χ0v) is 21.1. The molecule has 2 aliphatic rings. The van der Waals surface area contributed by atoms with Gasteiger partial charge >= 0.3 is 0 Å². The minimum absolute atomic E-state index is 0.103. The molecule has 2 atom stereocenters. The van der Waals surface area contributed by atoms with Crippen LogP contribution in [0.3, 0.4) is 0 Å². The lowest BCUT2D eigenvalue weighted by molar-refractivity contribution is -0.129. The van der Waals surface area contributed by atoms with Gasteiger partial charge in [0, 0.05) is 27.2 Å². The molecule has 5 heteroatoms. The van der Waals surface area contributed by atoms with Crippen molar-refractivity contribution in [3.63, 3.8) is 0 Å². The minimum Gasteiger partial charge on any atom is -0.507 e. The molecule has 5 nitrogen and oxygen atoms in total. The van der Waals surface area contributed by atoms with E-state index in [1.165, 1.54) is 31.3 Å². The molecular formula is C27H42N2O3. The fourth-order valence-corrected chi connectivity index (χ4v) is 5.08. The molecule has 2 heterocycles. The average Bonchev–Trinajstić information content (AvgIpc) is 2.72. The Balaban J connectivity index is 1.90. The van der Waals surface area contributed by atoms with E-state index >= 15 is 0 Å². The van der Waals surface area contributed by atoms with Crippen LogP contribution in [0.1, 0.15) is 83.8 Å². The van der Waals surface area contributed by atoms with Gasteiger partial charge in [-0.3, -0.25) is 9.69 Å². The van der Waals surface area contributed by atoms with Crippen molar-refractivity contribution in [2.75, 3.05) is 33.7 Å². The Labute approximate surface area is 194 Å². The first-order valence-electron chi connectivity index (χ1n) is 12.3. The van der Waals surface area contributed by atoms with E-state index in [-0.39, 0.29) is 5.91 Å². The Morgan fingerprint density at radius 1 is 1.25 bits per heavy atom. The molecule has 0 saturated heterocycles. The summed E-state index contributed by atoms with van der Waals surface area (Å²) < 4.78 is 6.48. The first-order valence-corrected chi connectivity index (χ1v) is 12.3. The minimum atomic E-state index is -0.416. The van der Waals surface area contributed by atoms with E-state index in [1.54, 1.807) is 19.0 Å². The maximum atomic E-state index is 12.3. The number of phenols is 1. The lowest BCUT2D eigenvalue weighted by atomic mass is 9.79. The molecule has 32 heavy (non-hydrogen) atoms. The predicted octanol–water partition coefficient (Wildman–Crippen LogP) is 5.43. The fourth-order valence-electron chi connectivity index (χ4n) is 5.08. The summed E-state index contributed by atoms with van der Waals surface area (Å²) in [5.41, 5.74) is 3.90. The van der Waals surface area contributed by atoms with Gasteiger partial charge in [0.15, 0.2) is 0 Å². The van der Waals surface area contributed by atoms with Gasteiger partial charge in [0.1, 0.15) is 17.1 Å². The standard InChI is InChI=1S/C27H42N2O3/c1-8-9-10-11-18(2)19(3)20-14-23(30)26-21-16-29(17-25(31)28(6)7)13-12-22(21)27(4,5)32-24(26)15-20/h14-15,18-19,30H,8-13,16-17H2,1-7H3. The van der Waals surface area contributed by atoms with Crippen LogP contribution in [-0.4, -0.2) is 60.1 Å². The van der Waals surface area contributed by atoms with Gasteiger partial charge in [-0.1, -0.05) is 46.5 Å². The number of rotatable bonds is 8. The second kappa shape index (κ2) is 9.86. The molecule has 0 radical (unpaired) electrons. The lowest BCUT2D eigenvalue weighted by Gasteiger charge is -2.42. The Morgan fingerprint density at radius 2 is 1.97 bits per heavy atom. The number of ether oxygens (including phenoxy) is 1. The number of carbonyl (C=O) groups excluding carboxylic acids is 1. The molecule has 0 saturated carbocycles. The second-order valence-electron chi connectivity index (χ2n) is 10.5. The molecule has 1 aromatic carbocycles. The first-order chi connectivity index (χ1) is 15.0. The third-order valence-electron chi connectivity index (χ3n) is 7.42. The van der Waals surface area contributed by atoms with Gasteiger partial charge in [0.2, 0.25) is 5.91 Å². The van der Waals surface area contributed by atoms with Crippen molar-refractivity contribution in [3.05, 3.63) is 28.8 Å². The highest BCUT2D eigenvalue weighted by molar-refractivity contribution is 5.83. The Bertz CT molecular complexity index is 872. The summed E-state index contributed by atoms with van der Waals surface area (Å²) in [5, 5.41) is 11.1. The van der Waals surface area contributed by atoms with Crippen molar-refractivity contribution >= 4 is 11.5 Å². The summed E-state index contributed by atoms with van der Waals surface area (Å²) in [5.74, 6) is 2.08.